The molecule has 0 radical (unpaired) electrons. The summed E-state index contributed by atoms with van der Waals surface area (Å²) < 4.78 is 0. The molecule has 1 amide bonds. The van der Waals surface area contributed by atoms with Crippen LogP contribution >= 0.6 is 11.6 Å². The van der Waals surface area contributed by atoms with Crippen molar-refractivity contribution in [2.75, 3.05) is 6.54 Å². The molecule has 2 rings (SSSR count). The molecule has 1 aromatic carbocycles. The van der Waals surface area contributed by atoms with Crippen LogP contribution in [0.5, 0.6) is 5.75 Å². The van der Waals surface area contributed by atoms with Crippen molar-refractivity contribution in [1.82, 2.24) is 4.90 Å². The highest BCUT2D eigenvalue weighted by atomic mass is 35.5. The van der Waals surface area contributed by atoms with Crippen molar-refractivity contribution in [2.24, 2.45) is 0 Å². The van der Waals surface area contributed by atoms with Gasteiger partial charge in [0, 0.05) is 17.6 Å². The maximum absolute atomic E-state index is 12.4. The van der Waals surface area contributed by atoms with Crippen LogP contribution in [0.4, 0.5) is 0 Å². The molecule has 98 valence electrons. The number of phenolic OH excluding ortho intramolecular Hbond substituents is 1. The van der Waals surface area contributed by atoms with Gasteiger partial charge in [0.25, 0.3) is 5.91 Å². The zero-order valence-corrected chi connectivity index (χ0v) is 11.3. The highest BCUT2D eigenvalue weighted by Crippen LogP contribution is 2.26. The number of phenols is 1. The Balaban J connectivity index is 2.23. The minimum atomic E-state index is -0.0985. The highest BCUT2D eigenvalue weighted by molar-refractivity contribution is 6.30. The molecule has 0 saturated carbocycles. The van der Waals surface area contributed by atoms with E-state index in [9.17, 15) is 9.90 Å². The second-order valence-corrected chi connectivity index (χ2v) is 5.29. The van der Waals surface area contributed by atoms with E-state index in [0.717, 1.165) is 25.8 Å². The van der Waals surface area contributed by atoms with Crippen LogP contribution in [0.2, 0.25) is 5.02 Å². The number of hydrogen-bond acceptors (Lipinski definition) is 2. The van der Waals surface area contributed by atoms with Crippen LogP contribution in [0.25, 0.3) is 0 Å². The van der Waals surface area contributed by atoms with Gasteiger partial charge in [0.15, 0.2) is 0 Å². The van der Waals surface area contributed by atoms with Gasteiger partial charge in [0.05, 0.1) is 5.56 Å². The zero-order chi connectivity index (χ0) is 13.1. The fraction of sp³-hybridized carbons (Fsp3) is 0.500. The van der Waals surface area contributed by atoms with E-state index in [1.165, 1.54) is 12.5 Å². The summed E-state index contributed by atoms with van der Waals surface area (Å²) in [6, 6.07) is 4.88. The number of rotatable bonds is 1. The van der Waals surface area contributed by atoms with Crippen LogP contribution in [-0.4, -0.2) is 28.5 Å². The third kappa shape index (κ3) is 2.78. The van der Waals surface area contributed by atoms with Crippen LogP contribution in [0.1, 0.15) is 43.0 Å². The third-order valence-electron chi connectivity index (χ3n) is 3.50. The van der Waals surface area contributed by atoms with Crippen LogP contribution in [0.15, 0.2) is 18.2 Å². The maximum atomic E-state index is 12.4. The fourth-order valence-corrected chi connectivity index (χ4v) is 2.58. The van der Waals surface area contributed by atoms with E-state index in [-0.39, 0.29) is 17.7 Å². The van der Waals surface area contributed by atoms with Crippen molar-refractivity contribution in [3.8, 4) is 5.75 Å². The van der Waals surface area contributed by atoms with E-state index in [1.807, 2.05) is 4.90 Å². The maximum Gasteiger partial charge on any atom is 0.257 e. The molecule has 1 N–H and O–H groups in total. The van der Waals surface area contributed by atoms with Crippen molar-refractivity contribution in [2.45, 2.75) is 38.6 Å². The van der Waals surface area contributed by atoms with Gasteiger partial charge in [-0.25, -0.2) is 0 Å². The molecule has 3 nitrogen and oxygen atoms in total. The van der Waals surface area contributed by atoms with Crippen LogP contribution in [-0.2, 0) is 0 Å². The standard InChI is InChI=1S/C14H18ClNO2/c1-10-5-3-2-4-8-16(10)14(18)12-7-6-11(15)9-13(12)17/h6-7,9-10,17H,2-5,8H2,1H3. The number of benzene rings is 1. The lowest BCUT2D eigenvalue weighted by Crippen LogP contribution is -2.38. The number of likely N-dealkylation sites (tertiary alicyclic amines) is 1. The molecule has 1 aromatic rings. The summed E-state index contributed by atoms with van der Waals surface area (Å²) in [5.41, 5.74) is 0.341. The first-order chi connectivity index (χ1) is 8.59. The normalized spacial score (nSPS) is 20.6. The van der Waals surface area contributed by atoms with E-state index in [0.29, 0.717) is 10.6 Å². The van der Waals surface area contributed by atoms with E-state index in [1.54, 1.807) is 12.1 Å². The highest BCUT2D eigenvalue weighted by Gasteiger charge is 2.24. The van der Waals surface area contributed by atoms with E-state index in [2.05, 4.69) is 6.92 Å². The Morgan fingerprint density at radius 2 is 2.17 bits per heavy atom. The van der Waals surface area contributed by atoms with Gasteiger partial charge in [-0.1, -0.05) is 24.4 Å². The Kier molecular flexibility index (Phi) is 4.12. The summed E-state index contributed by atoms with van der Waals surface area (Å²) in [4.78, 5) is 14.3. The number of amides is 1. The summed E-state index contributed by atoms with van der Waals surface area (Å²) in [5.74, 6) is -0.137. The van der Waals surface area contributed by atoms with Gasteiger partial charge in [-0.15, -0.1) is 0 Å². The number of carbonyl (C=O) groups is 1. The Morgan fingerprint density at radius 3 is 2.89 bits per heavy atom. The van der Waals surface area contributed by atoms with Gasteiger partial charge in [0.2, 0.25) is 0 Å². The number of aromatic hydroxyl groups is 1. The molecule has 0 spiro atoms. The molecule has 1 aliphatic rings. The quantitative estimate of drug-likeness (QED) is 0.847. The number of nitrogens with zero attached hydrogens (tertiary/aromatic N) is 1. The number of carbonyl (C=O) groups excluding carboxylic acids is 1. The SMILES string of the molecule is CC1CCCCCN1C(=O)c1ccc(Cl)cc1O. The zero-order valence-electron chi connectivity index (χ0n) is 10.5. The predicted octanol–water partition coefficient (Wildman–Crippen LogP) is 3.45. The average Bonchev–Trinajstić information content (AvgIpc) is 2.53. The molecule has 1 saturated heterocycles. The first-order valence-corrected chi connectivity index (χ1v) is 6.77. The monoisotopic (exact) mass is 267 g/mol. The Labute approximate surface area is 112 Å². The van der Waals surface area contributed by atoms with Gasteiger partial charge in [-0.05, 0) is 38.0 Å². The topological polar surface area (TPSA) is 40.5 Å². The molecular weight excluding hydrogens is 250 g/mol. The second-order valence-electron chi connectivity index (χ2n) is 4.86. The smallest absolute Gasteiger partial charge is 0.257 e. The minimum absolute atomic E-state index is 0.0380. The predicted molar refractivity (Wildman–Crippen MR) is 72.1 cm³/mol. The van der Waals surface area contributed by atoms with Gasteiger partial charge >= 0.3 is 0 Å². The van der Waals surface area contributed by atoms with Gasteiger partial charge in [0.1, 0.15) is 5.75 Å². The van der Waals surface area contributed by atoms with Crippen molar-refractivity contribution in [1.29, 1.82) is 0 Å². The Morgan fingerprint density at radius 1 is 1.39 bits per heavy atom. The third-order valence-corrected chi connectivity index (χ3v) is 3.74. The van der Waals surface area contributed by atoms with E-state index >= 15 is 0 Å². The molecule has 1 heterocycles. The second kappa shape index (κ2) is 5.61. The first kappa shape index (κ1) is 13.2. The molecule has 1 atom stereocenters. The van der Waals surface area contributed by atoms with Crippen LogP contribution in [0.3, 0.4) is 0 Å². The Bertz CT molecular complexity index is 447. The van der Waals surface area contributed by atoms with Crippen molar-refractivity contribution < 1.29 is 9.90 Å². The number of hydrogen-bond donors (Lipinski definition) is 1. The molecule has 1 unspecified atom stereocenters. The molecular formula is C14H18ClNO2. The van der Waals surface area contributed by atoms with Crippen molar-refractivity contribution in [3.63, 3.8) is 0 Å². The van der Waals surface area contributed by atoms with E-state index in [4.69, 9.17) is 11.6 Å². The molecule has 18 heavy (non-hydrogen) atoms. The summed E-state index contributed by atoms with van der Waals surface area (Å²) in [7, 11) is 0. The fourth-order valence-electron chi connectivity index (χ4n) is 2.42. The van der Waals surface area contributed by atoms with Gasteiger partial charge in [-0.2, -0.15) is 0 Å². The number of halogens is 1. The van der Waals surface area contributed by atoms with Gasteiger partial charge in [-0.3, -0.25) is 4.79 Å². The molecule has 1 fully saturated rings. The molecule has 0 aromatic heterocycles. The molecule has 1 aliphatic heterocycles. The lowest BCUT2D eigenvalue weighted by Gasteiger charge is -2.27. The minimum Gasteiger partial charge on any atom is -0.507 e. The van der Waals surface area contributed by atoms with Crippen LogP contribution in [0, 0.1) is 0 Å². The molecule has 0 bridgehead atoms. The molecule has 4 heteroatoms. The lowest BCUT2D eigenvalue weighted by molar-refractivity contribution is 0.0695. The van der Waals surface area contributed by atoms with Gasteiger partial charge < -0.3 is 10.0 Å². The summed E-state index contributed by atoms with van der Waals surface area (Å²) in [6.45, 7) is 2.83. The Hall–Kier alpha value is -1.22. The first-order valence-electron chi connectivity index (χ1n) is 6.39. The summed E-state index contributed by atoms with van der Waals surface area (Å²) >= 11 is 5.78. The average molecular weight is 268 g/mol. The lowest BCUT2D eigenvalue weighted by atomic mass is 10.1. The van der Waals surface area contributed by atoms with Crippen molar-refractivity contribution in [3.05, 3.63) is 28.8 Å². The molecule has 0 aliphatic carbocycles. The largest absolute Gasteiger partial charge is 0.507 e. The summed E-state index contributed by atoms with van der Waals surface area (Å²) in [6.07, 6.45) is 4.39. The van der Waals surface area contributed by atoms with E-state index < -0.39 is 0 Å². The van der Waals surface area contributed by atoms with Crippen LogP contribution < -0.4 is 0 Å². The van der Waals surface area contributed by atoms with Crippen molar-refractivity contribution >= 4 is 17.5 Å². The summed E-state index contributed by atoms with van der Waals surface area (Å²) in [5, 5.41) is 10.3.